The van der Waals surface area contributed by atoms with Crippen molar-refractivity contribution >= 4 is 23.0 Å². The van der Waals surface area contributed by atoms with Gasteiger partial charge >= 0.3 is 0 Å². The van der Waals surface area contributed by atoms with Crippen LogP contribution in [0.2, 0.25) is 5.02 Å². The van der Waals surface area contributed by atoms with Gasteiger partial charge in [-0.1, -0.05) is 48.0 Å². The molecule has 0 aliphatic carbocycles. The Morgan fingerprint density at radius 3 is 2.64 bits per heavy atom. The van der Waals surface area contributed by atoms with Gasteiger partial charge < -0.3 is 5.73 Å². The van der Waals surface area contributed by atoms with E-state index in [-0.39, 0.29) is 6.04 Å². The predicted molar refractivity (Wildman–Crippen MR) is 93.6 cm³/mol. The van der Waals surface area contributed by atoms with Crippen LogP contribution < -0.4 is 10.7 Å². The molecule has 1 unspecified atom stereocenters. The Morgan fingerprint density at radius 2 is 1.91 bits per heavy atom. The first-order valence-electron chi connectivity index (χ1n) is 7.56. The third-order valence-corrected chi connectivity index (χ3v) is 4.38. The van der Waals surface area contributed by atoms with E-state index in [0.29, 0.717) is 6.54 Å². The number of anilines is 1. The summed E-state index contributed by atoms with van der Waals surface area (Å²) >= 11 is 6.42. The normalized spacial score (nSPS) is 17.7. The summed E-state index contributed by atoms with van der Waals surface area (Å²) in [5.41, 5.74) is 10.3. The van der Waals surface area contributed by atoms with E-state index < -0.39 is 0 Å². The molecule has 0 radical (unpaired) electrons. The molecule has 2 aromatic carbocycles. The third kappa shape index (κ3) is 2.87. The third-order valence-electron chi connectivity index (χ3n) is 4.03. The van der Waals surface area contributed by atoms with Gasteiger partial charge in [0.1, 0.15) is 0 Å². The van der Waals surface area contributed by atoms with Gasteiger partial charge in [-0.15, -0.1) is 0 Å². The van der Waals surface area contributed by atoms with Crippen LogP contribution in [0.5, 0.6) is 0 Å². The van der Waals surface area contributed by atoms with Gasteiger partial charge in [0.05, 0.1) is 11.7 Å². The second-order valence-electron chi connectivity index (χ2n) is 5.58. The van der Waals surface area contributed by atoms with Crippen molar-refractivity contribution in [1.82, 2.24) is 0 Å². The fourth-order valence-electron chi connectivity index (χ4n) is 2.92. The number of aryl methyl sites for hydroxylation is 1. The molecule has 1 atom stereocenters. The SMILES string of the molecule is Cc1ccccc1N1N=C(CCN)CC1c1ccccc1Cl. The molecule has 0 bridgehead atoms. The minimum atomic E-state index is 0.136. The average Bonchev–Trinajstić information content (AvgIpc) is 2.92. The van der Waals surface area contributed by atoms with E-state index in [4.69, 9.17) is 22.4 Å². The van der Waals surface area contributed by atoms with E-state index in [1.54, 1.807) is 0 Å². The predicted octanol–water partition coefficient (Wildman–Crippen LogP) is 4.30. The van der Waals surface area contributed by atoms with E-state index in [0.717, 1.165) is 34.8 Å². The van der Waals surface area contributed by atoms with Crippen molar-refractivity contribution in [1.29, 1.82) is 0 Å². The molecule has 114 valence electrons. The number of rotatable bonds is 4. The van der Waals surface area contributed by atoms with Crippen molar-refractivity contribution in [2.45, 2.75) is 25.8 Å². The fourth-order valence-corrected chi connectivity index (χ4v) is 3.18. The van der Waals surface area contributed by atoms with Crippen molar-refractivity contribution in [2.24, 2.45) is 10.8 Å². The number of halogens is 1. The van der Waals surface area contributed by atoms with Crippen molar-refractivity contribution in [3.8, 4) is 0 Å². The summed E-state index contributed by atoms with van der Waals surface area (Å²) in [7, 11) is 0. The van der Waals surface area contributed by atoms with Crippen molar-refractivity contribution in [3.05, 3.63) is 64.7 Å². The first-order chi connectivity index (χ1) is 10.7. The Labute approximate surface area is 136 Å². The highest BCUT2D eigenvalue weighted by Crippen LogP contribution is 2.39. The van der Waals surface area contributed by atoms with E-state index in [2.05, 4.69) is 30.1 Å². The number of benzene rings is 2. The lowest BCUT2D eigenvalue weighted by molar-refractivity contribution is 0.706. The zero-order valence-corrected chi connectivity index (χ0v) is 13.4. The van der Waals surface area contributed by atoms with E-state index >= 15 is 0 Å². The number of para-hydroxylation sites is 1. The van der Waals surface area contributed by atoms with Gasteiger partial charge in [-0.05, 0) is 43.1 Å². The van der Waals surface area contributed by atoms with Crippen molar-refractivity contribution in [3.63, 3.8) is 0 Å². The first-order valence-corrected chi connectivity index (χ1v) is 7.94. The van der Waals surface area contributed by atoms with Gasteiger partial charge in [-0.25, -0.2) is 0 Å². The highest BCUT2D eigenvalue weighted by Gasteiger charge is 2.30. The zero-order chi connectivity index (χ0) is 15.5. The van der Waals surface area contributed by atoms with Crippen LogP contribution in [-0.4, -0.2) is 12.3 Å². The van der Waals surface area contributed by atoms with Gasteiger partial charge in [0, 0.05) is 17.2 Å². The highest BCUT2D eigenvalue weighted by molar-refractivity contribution is 6.31. The number of hydrazone groups is 1. The summed E-state index contributed by atoms with van der Waals surface area (Å²) in [5, 5.41) is 7.71. The van der Waals surface area contributed by atoms with Crippen LogP contribution in [-0.2, 0) is 0 Å². The van der Waals surface area contributed by atoms with Crippen molar-refractivity contribution < 1.29 is 0 Å². The minimum absolute atomic E-state index is 0.136. The molecule has 0 spiro atoms. The van der Waals surface area contributed by atoms with Gasteiger partial charge in [-0.3, -0.25) is 5.01 Å². The second-order valence-corrected chi connectivity index (χ2v) is 5.98. The largest absolute Gasteiger partial charge is 0.330 e. The number of hydrogen-bond donors (Lipinski definition) is 1. The molecule has 3 nitrogen and oxygen atoms in total. The summed E-state index contributed by atoms with van der Waals surface area (Å²) in [4.78, 5) is 0. The average molecular weight is 314 g/mol. The van der Waals surface area contributed by atoms with Gasteiger partial charge in [0.25, 0.3) is 0 Å². The molecule has 0 aromatic heterocycles. The molecule has 3 rings (SSSR count). The molecule has 0 saturated heterocycles. The monoisotopic (exact) mass is 313 g/mol. The van der Waals surface area contributed by atoms with Crippen LogP contribution in [0.4, 0.5) is 5.69 Å². The summed E-state index contributed by atoms with van der Waals surface area (Å²) in [6, 6.07) is 16.4. The van der Waals surface area contributed by atoms with Gasteiger partial charge in [-0.2, -0.15) is 5.10 Å². The smallest absolute Gasteiger partial charge is 0.0842 e. The molecule has 2 aromatic rings. The second kappa shape index (κ2) is 6.51. The topological polar surface area (TPSA) is 41.6 Å². The molecular formula is C18H20ClN3. The molecule has 22 heavy (non-hydrogen) atoms. The molecule has 1 heterocycles. The van der Waals surface area contributed by atoms with Crippen LogP contribution in [0.15, 0.2) is 53.6 Å². The lowest BCUT2D eigenvalue weighted by Gasteiger charge is -2.26. The summed E-state index contributed by atoms with van der Waals surface area (Å²) < 4.78 is 0. The Morgan fingerprint density at radius 1 is 1.18 bits per heavy atom. The first kappa shape index (κ1) is 15.1. The zero-order valence-electron chi connectivity index (χ0n) is 12.7. The fraction of sp³-hybridized carbons (Fsp3) is 0.278. The summed E-state index contributed by atoms with van der Waals surface area (Å²) in [6.07, 6.45) is 1.69. The number of nitrogens with two attached hydrogens (primary N) is 1. The van der Waals surface area contributed by atoms with Gasteiger partial charge in [0.15, 0.2) is 0 Å². The van der Waals surface area contributed by atoms with Crippen LogP contribution >= 0.6 is 11.6 Å². The molecule has 0 amide bonds. The highest BCUT2D eigenvalue weighted by atomic mass is 35.5. The van der Waals surface area contributed by atoms with Crippen LogP contribution in [0, 0.1) is 6.92 Å². The maximum Gasteiger partial charge on any atom is 0.0842 e. The Kier molecular flexibility index (Phi) is 4.46. The molecule has 1 aliphatic heterocycles. The quantitative estimate of drug-likeness (QED) is 0.914. The summed E-state index contributed by atoms with van der Waals surface area (Å²) in [6.45, 7) is 2.73. The van der Waals surface area contributed by atoms with Gasteiger partial charge in [0.2, 0.25) is 0 Å². The number of hydrogen-bond acceptors (Lipinski definition) is 3. The van der Waals surface area contributed by atoms with Crippen LogP contribution in [0.25, 0.3) is 0 Å². The van der Waals surface area contributed by atoms with Crippen LogP contribution in [0.3, 0.4) is 0 Å². The molecule has 0 saturated carbocycles. The molecule has 2 N–H and O–H groups in total. The molecular weight excluding hydrogens is 294 g/mol. The van der Waals surface area contributed by atoms with E-state index in [9.17, 15) is 0 Å². The van der Waals surface area contributed by atoms with Crippen molar-refractivity contribution in [2.75, 3.05) is 11.6 Å². The Balaban J connectivity index is 2.02. The maximum atomic E-state index is 6.42. The van der Waals surface area contributed by atoms with E-state index in [1.807, 2.05) is 30.3 Å². The van der Waals surface area contributed by atoms with E-state index in [1.165, 1.54) is 5.56 Å². The molecule has 1 aliphatic rings. The summed E-state index contributed by atoms with van der Waals surface area (Å²) in [5.74, 6) is 0. The minimum Gasteiger partial charge on any atom is -0.330 e. The lowest BCUT2D eigenvalue weighted by Crippen LogP contribution is -2.19. The number of nitrogens with zero attached hydrogens (tertiary/aromatic N) is 2. The Hall–Kier alpha value is -1.84. The molecule has 4 heteroatoms. The van der Waals surface area contributed by atoms with Crippen LogP contribution in [0.1, 0.15) is 30.0 Å². The lowest BCUT2D eigenvalue weighted by atomic mass is 10.00. The maximum absolute atomic E-state index is 6.42. The Bertz CT molecular complexity index is 696. The standard InChI is InChI=1S/C18H20ClN3/c1-13-6-2-5-9-17(13)22-18(12-14(21-22)10-11-20)15-7-3-4-8-16(15)19/h2-9,18H,10-12,20H2,1H3. The molecule has 0 fully saturated rings.